The van der Waals surface area contributed by atoms with Gasteiger partial charge in [0.25, 0.3) is 10.0 Å². The molecule has 6 nitrogen and oxygen atoms in total. The van der Waals surface area contributed by atoms with Gasteiger partial charge in [-0.05, 0) is 24.3 Å². The molecule has 0 fully saturated rings. The molecule has 0 heterocycles. The van der Waals surface area contributed by atoms with Crippen LogP contribution in [0, 0.1) is 11.3 Å². The third kappa shape index (κ3) is 3.97. The van der Waals surface area contributed by atoms with Gasteiger partial charge in [0.05, 0.1) is 21.5 Å². The molecule has 0 atom stereocenters. The van der Waals surface area contributed by atoms with Gasteiger partial charge in [0, 0.05) is 11.5 Å². The van der Waals surface area contributed by atoms with Crippen molar-refractivity contribution in [2.75, 3.05) is 4.72 Å². The van der Waals surface area contributed by atoms with Gasteiger partial charge in [-0.25, -0.2) is 16.8 Å². The lowest BCUT2D eigenvalue weighted by Gasteiger charge is -2.11. The van der Waals surface area contributed by atoms with E-state index < -0.39 is 19.9 Å². The molecule has 0 aliphatic heterocycles. The van der Waals surface area contributed by atoms with Crippen LogP contribution in [0.15, 0.2) is 75.9 Å². The van der Waals surface area contributed by atoms with Crippen molar-refractivity contribution in [1.82, 2.24) is 0 Å². The molecule has 2 aromatic rings. The van der Waals surface area contributed by atoms with Gasteiger partial charge in [0.1, 0.15) is 0 Å². The first-order valence-electron chi connectivity index (χ1n) is 6.35. The maximum atomic E-state index is 12.3. The van der Waals surface area contributed by atoms with E-state index in [0.29, 0.717) is 0 Å². The minimum atomic E-state index is -3.94. The van der Waals surface area contributed by atoms with Crippen molar-refractivity contribution in [1.29, 1.82) is 5.26 Å². The molecule has 0 saturated heterocycles. The molecule has 1 N–H and O–H groups in total. The molecule has 0 spiro atoms. The molecular formula is C15H12N2O4S2. The maximum absolute atomic E-state index is 12.3. The van der Waals surface area contributed by atoms with Crippen LogP contribution in [0.3, 0.4) is 0 Å². The fraction of sp³-hybridized carbons (Fsp3) is 0. The Morgan fingerprint density at radius 3 is 2.17 bits per heavy atom. The van der Waals surface area contributed by atoms with Crippen LogP contribution in [0.1, 0.15) is 0 Å². The SMILES string of the molecule is N#CC=CS(=O)(=O)c1ccccc1NS(=O)(=O)c1ccccc1. The van der Waals surface area contributed by atoms with Gasteiger partial charge in [-0.2, -0.15) is 5.26 Å². The van der Waals surface area contributed by atoms with Crippen molar-refractivity contribution in [3.63, 3.8) is 0 Å². The molecule has 0 radical (unpaired) electrons. The molecule has 0 amide bonds. The zero-order valence-electron chi connectivity index (χ0n) is 11.7. The fourth-order valence-corrected chi connectivity index (χ4v) is 4.04. The molecule has 2 rings (SSSR count). The first-order chi connectivity index (χ1) is 10.9. The fourth-order valence-electron chi connectivity index (χ4n) is 1.80. The van der Waals surface area contributed by atoms with Crippen LogP contribution in [0.2, 0.25) is 0 Å². The summed E-state index contributed by atoms with van der Waals surface area (Å²) >= 11 is 0. The van der Waals surface area contributed by atoms with E-state index in [9.17, 15) is 16.8 Å². The van der Waals surface area contributed by atoms with Crippen molar-refractivity contribution in [2.24, 2.45) is 0 Å². The number of hydrogen-bond donors (Lipinski definition) is 1. The molecular weight excluding hydrogens is 336 g/mol. The Morgan fingerprint density at radius 2 is 1.52 bits per heavy atom. The summed E-state index contributed by atoms with van der Waals surface area (Å²) in [6, 6.07) is 14.8. The third-order valence-corrected chi connectivity index (χ3v) is 5.66. The number of rotatable bonds is 5. The molecule has 8 heteroatoms. The van der Waals surface area contributed by atoms with Crippen molar-refractivity contribution in [3.8, 4) is 6.07 Å². The van der Waals surface area contributed by atoms with E-state index in [-0.39, 0.29) is 15.5 Å². The topological polar surface area (TPSA) is 104 Å². The highest BCUT2D eigenvalue weighted by atomic mass is 32.2. The molecule has 0 aliphatic carbocycles. The van der Waals surface area contributed by atoms with E-state index in [1.807, 2.05) is 0 Å². The average Bonchev–Trinajstić information content (AvgIpc) is 2.54. The second-order valence-corrected chi connectivity index (χ2v) is 7.88. The van der Waals surface area contributed by atoms with Gasteiger partial charge < -0.3 is 0 Å². The minimum Gasteiger partial charge on any atom is -0.278 e. The standard InChI is InChI=1S/C15H12N2O4S2/c16-11-6-12-22(18,19)15-10-5-4-9-14(15)17-23(20,21)13-7-2-1-3-8-13/h1-10,12,17H. The zero-order chi connectivity index (χ0) is 16.9. The van der Waals surface area contributed by atoms with Gasteiger partial charge in [0.2, 0.25) is 9.84 Å². The molecule has 23 heavy (non-hydrogen) atoms. The number of benzene rings is 2. The lowest BCUT2D eigenvalue weighted by atomic mass is 10.3. The summed E-state index contributed by atoms with van der Waals surface area (Å²) < 4.78 is 51.2. The Morgan fingerprint density at radius 1 is 0.913 bits per heavy atom. The number of nitrogens with one attached hydrogen (secondary N) is 1. The number of sulfonamides is 1. The van der Waals surface area contributed by atoms with Gasteiger partial charge in [-0.1, -0.05) is 30.3 Å². The Balaban J connectivity index is 2.48. The van der Waals surface area contributed by atoms with Crippen molar-refractivity contribution < 1.29 is 16.8 Å². The molecule has 118 valence electrons. The quantitative estimate of drug-likeness (QED) is 0.835. The second-order valence-electron chi connectivity index (χ2n) is 4.39. The summed E-state index contributed by atoms with van der Waals surface area (Å²) in [5, 5.41) is 9.19. The van der Waals surface area contributed by atoms with E-state index in [0.717, 1.165) is 11.5 Å². The molecule has 0 aromatic heterocycles. The molecule has 0 unspecified atom stereocenters. The minimum absolute atomic E-state index is 0.0137. The van der Waals surface area contributed by atoms with Crippen LogP contribution in [0.4, 0.5) is 5.69 Å². The average molecular weight is 348 g/mol. The van der Waals surface area contributed by atoms with Crippen LogP contribution in [0.25, 0.3) is 0 Å². The van der Waals surface area contributed by atoms with Gasteiger partial charge >= 0.3 is 0 Å². The molecule has 0 aliphatic rings. The highest BCUT2D eigenvalue weighted by Crippen LogP contribution is 2.25. The lowest BCUT2D eigenvalue weighted by Crippen LogP contribution is -2.15. The van der Waals surface area contributed by atoms with E-state index in [2.05, 4.69) is 4.72 Å². The molecule has 2 aromatic carbocycles. The Kier molecular flexibility index (Phi) is 4.83. The van der Waals surface area contributed by atoms with Crippen LogP contribution < -0.4 is 4.72 Å². The largest absolute Gasteiger partial charge is 0.278 e. The van der Waals surface area contributed by atoms with Crippen molar-refractivity contribution in [3.05, 3.63) is 66.1 Å². The van der Waals surface area contributed by atoms with Gasteiger partial charge in [-0.15, -0.1) is 0 Å². The van der Waals surface area contributed by atoms with Crippen LogP contribution in [-0.2, 0) is 19.9 Å². The second kappa shape index (κ2) is 6.64. The summed E-state index contributed by atoms with van der Waals surface area (Å²) in [4.78, 5) is -0.217. The highest BCUT2D eigenvalue weighted by molar-refractivity contribution is 7.95. The Hall–Kier alpha value is -2.63. The normalized spacial score (nSPS) is 12.0. The van der Waals surface area contributed by atoms with Crippen LogP contribution in [0.5, 0.6) is 0 Å². The van der Waals surface area contributed by atoms with Gasteiger partial charge in [-0.3, -0.25) is 4.72 Å². The van der Waals surface area contributed by atoms with E-state index in [4.69, 9.17) is 5.26 Å². The maximum Gasteiger partial charge on any atom is 0.261 e. The number of hydrogen-bond acceptors (Lipinski definition) is 5. The third-order valence-electron chi connectivity index (χ3n) is 2.81. The number of sulfone groups is 1. The monoisotopic (exact) mass is 348 g/mol. The Labute approximate surface area is 134 Å². The Bertz CT molecular complexity index is 974. The number of allylic oxidation sites excluding steroid dienone is 1. The number of nitrogens with zero attached hydrogens (tertiary/aromatic N) is 1. The van der Waals surface area contributed by atoms with Crippen molar-refractivity contribution in [2.45, 2.75) is 9.79 Å². The van der Waals surface area contributed by atoms with E-state index in [1.165, 1.54) is 36.4 Å². The first-order valence-corrected chi connectivity index (χ1v) is 9.38. The summed E-state index contributed by atoms with van der Waals surface area (Å²) in [5.41, 5.74) is -0.0843. The predicted molar refractivity (Wildman–Crippen MR) is 85.6 cm³/mol. The zero-order valence-corrected chi connectivity index (χ0v) is 13.4. The molecule has 0 saturated carbocycles. The first kappa shape index (κ1) is 16.7. The lowest BCUT2D eigenvalue weighted by molar-refractivity contribution is 0.601. The number of anilines is 1. The van der Waals surface area contributed by atoms with Gasteiger partial charge in [0.15, 0.2) is 0 Å². The van der Waals surface area contributed by atoms with Crippen molar-refractivity contribution >= 4 is 25.5 Å². The predicted octanol–water partition coefficient (Wildman–Crippen LogP) is 2.30. The summed E-state index contributed by atoms with van der Waals surface area (Å²) in [5.74, 6) is 0. The van der Waals surface area contributed by atoms with Crippen LogP contribution >= 0.6 is 0 Å². The smallest absolute Gasteiger partial charge is 0.261 e. The number of nitriles is 1. The summed E-state index contributed by atoms with van der Waals surface area (Å²) in [6.45, 7) is 0. The van der Waals surface area contributed by atoms with Crippen LogP contribution in [-0.4, -0.2) is 16.8 Å². The van der Waals surface area contributed by atoms with E-state index >= 15 is 0 Å². The summed E-state index contributed by atoms with van der Waals surface area (Å²) in [7, 11) is -7.86. The van der Waals surface area contributed by atoms with E-state index in [1.54, 1.807) is 24.3 Å². The molecule has 0 bridgehead atoms. The number of para-hydroxylation sites is 1. The summed E-state index contributed by atoms with van der Waals surface area (Å²) in [6.07, 6.45) is 0.817. The highest BCUT2D eigenvalue weighted by Gasteiger charge is 2.20.